The topological polar surface area (TPSA) is 119 Å². The molecule has 0 atom stereocenters. The van der Waals surface area contributed by atoms with Gasteiger partial charge in [-0.25, -0.2) is 9.97 Å². The molecule has 0 spiro atoms. The van der Waals surface area contributed by atoms with E-state index < -0.39 is 0 Å². The first-order valence-electron chi connectivity index (χ1n) is 9.27. The number of hydrogen-bond acceptors (Lipinski definition) is 6. The average molecular weight is 373 g/mol. The summed E-state index contributed by atoms with van der Waals surface area (Å²) >= 11 is 0. The number of hydrogen-bond donors (Lipinski definition) is 4. The first kappa shape index (κ1) is 17.8. The third kappa shape index (κ3) is 3.73. The van der Waals surface area contributed by atoms with Gasteiger partial charge in [0.1, 0.15) is 0 Å². The van der Waals surface area contributed by atoms with Crippen molar-refractivity contribution in [2.45, 2.75) is 19.8 Å². The van der Waals surface area contributed by atoms with E-state index in [0.29, 0.717) is 5.82 Å². The second-order valence-electron chi connectivity index (χ2n) is 6.82. The zero-order valence-electron chi connectivity index (χ0n) is 15.7. The lowest BCUT2D eigenvalue weighted by atomic mass is 10.1. The highest BCUT2D eigenvalue weighted by Gasteiger charge is 2.13. The third-order valence-corrected chi connectivity index (χ3v) is 4.66. The van der Waals surface area contributed by atoms with Crippen molar-refractivity contribution in [3.63, 3.8) is 0 Å². The standard InChI is InChI=1S/C21H23N7/c1-13-10-16(26-21(23)25-13)15-11-17(19-18(12-15)27-28-20(19)22)24-9-5-8-14-6-3-2-4-7-14/h2-4,6-7,10-12,24H,5,8-9H2,1H3,(H3,22,27,28)(H2,23,25,26). The number of aromatic nitrogens is 4. The van der Waals surface area contributed by atoms with Crippen LogP contribution in [0.25, 0.3) is 22.2 Å². The largest absolute Gasteiger partial charge is 0.384 e. The first-order chi connectivity index (χ1) is 13.6. The van der Waals surface area contributed by atoms with Crippen LogP contribution in [-0.4, -0.2) is 26.7 Å². The minimum atomic E-state index is 0.261. The molecular formula is C21H23N7. The van der Waals surface area contributed by atoms with Crippen molar-refractivity contribution < 1.29 is 0 Å². The maximum absolute atomic E-state index is 6.08. The monoisotopic (exact) mass is 373 g/mol. The van der Waals surface area contributed by atoms with Crippen molar-refractivity contribution >= 4 is 28.4 Å². The molecule has 0 saturated carbocycles. The highest BCUT2D eigenvalue weighted by Crippen LogP contribution is 2.32. The molecule has 7 nitrogen and oxygen atoms in total. The Morgan fingerprint density at radius 3 is 2.64 bits per heavy atom. The first-order valence-corrected chi connectivity index (χ1v) is 9.27. The fourth-order valence-corrected chi connectivity index (χ4v) is 3.37. The summed E-state index contributed by atoms with van der Waals surface area (Å²) in [6, 6.07) is 16.4. The van der Waals surface area contributed by atoms with Gasteiger partial charge in [0.2, 0.25) is 5.95 Å². The van der Waals surface area contributed by atoms with E-state index in [1.807, 2.05) is 31.2 Å². The molecule has 0 aliphatic carbocycles. The van der Waals surface area contributed by atoms with Crippen LogP contribution in [0.1, 0.15) is 17.7 Å². The predicted molar refractivity (Wildman–Crippen MR) is 114 cm³/mol. The number of rotatable bonds is 6. The highest BCUT2D eigenvalue weighted by molar-refractivity contribution is 6.02. The van der Waals surface area contributed by atoms with Gasteiger partial charge in [-0.1, -0.05) is 30.3 Å². The van der Waals surface area contributed by atoms with Gasteiger partial charge in [0.15, 0.2) is 5.82 Å². The molecule has 0 bridgehead atoms. The lowest BCUT2D eigenvalue weighted by Crippen LogP contribution is -2.04. The van der Waals surface area contributed by atoms with E-state index in [2.05, 4.69) is 49.7 Å². The normalized spacial score (nSPS) is 11.0. The quantitative estimate of drug-likeness (QED) is 0.384. The number of nitrogens with one attached hydrogen (secondary N) is 2. The second kappa shape index (κ2) is 7.56. The molecule has 4 aromatic rings. The molecule has 6 N–H and O–H groups in total. The fraction of sp³-hybridized carbons (Fsp3) is 0.190. The van der Waals surface area contributed by atoms with Crippen LogP contribution in [-0.2, 0) is 6.42 Å². The van der Waals surface area contributed by atoms with E-state index in [-0.39, 0.29) is 5.95 Å². The average Bonchev–Trinajstić information content (AvgIpc) is 3.06. The van der Waals surface area contributed by atoms with E-state index >= 15 is 0 Å². The van der Waals surface area contributed by atoms with Crippen LogP contribution >= 0.6 is 0 Å². The van der Waals surface area contributed by atoms with Crippen LogP contribution in [0.5, 0.6) is 0 Å². The van der Waals surface area contributed by atoms with Gasteiger partial charge in [-0.05, 0) is 43.5 Å². The van der Waals surface area contributed by atoms with Crippen molar-refractivity contribution in [1.82, 2.24) is 20.2 Å². The molecule has 7 heteroatoms. The number of benzene rings is 2. The van der Waals surface area contributed by atoms with Gasteiger partial charge in [0, 0.05) is 23.5 Å². The van der Waals surface area contributed by atoms with Gasteiger partial charge in [-0.15, -0.1) is 0 Å². The Morgan fingerprint density at radius 2 is 1.86 bits per heavy atom. The number of H-pyrrole nitrogens is 1. The zero-order valence-corrected chi connectivity index (χ0v) is 15.7. The zero-order chi connectivity index (χ0) is 19.5. The molecule has 2 aromatic carbocycles. The number of nitrogen functional groups attached to an aromatic ring is 2. The Morgan fingerprint density at radius 1 is 1.04 bits per heavy atom. The predicted octanol–water partition coefficient (Wildman–Crippen LogP) is 3.54. The van der Waals surface area contributed by atoms with Crippen LogP contribution in [0.3, 0.4) is 0 Å². The van der Waals surface area contributed by atoms with Gasteiger partial charge in [0.05, 0.1) is 16.6 Å². The smallest absolute Gasteiger partial charge is 0.220 e. The molecule has 28 heavy (non-hydrogen) atoms. The maximum Gasteiger partial charge on any atom is 0.220 e. The van der Waals surface area contributed by atoms with Gasteiger partial charge in [-0.3, -0.25) is 5.10 Å². The number of nitrogens with zero attached hydrogens (tertiary/aromatic N) is 3. The summed E-state index contributed by atoms with van der Waals surface area (Å²) < 4.78 is 0. The molecule has 0 unspecified atom stereocenters. The fourth-order valence-electron chi connectivity index (χ4n) is 3.37. The van der Waals surface area contributed by atoms with Gasteiger partial charge < -0.3 is 16.8 Å². The summed E-state index contributed by atoms with van der Waals surface area (Å²) in [5, 5.41) is 11.6. The van der Waals surface area contributed by atoms with Gasteiger partial charge >= 0.3 is 0 Å². The number of fused-ring (bicyclic) bond motifs is 1. The van der Waals surface area contributed by atoms with Gasteiger partial charge in [0.25, 0.3) is 0 Å². The van der Waals surface area contributed by atoms with E-state index in [9.17, 15) is 0 Å². The number of anilines is 3. The van der Waals surface area contributed by atoms with Crippen molar-refractivity contribution in [3.8, 4) is 11.3 Å². The molecule has 0 aliphatic heterocycles. The van der Waals surface area contributed by atoms with E-state index in [1.54, 1.807) is 0 Å². The summed E-state index contributed by atoms with van der Waals surface area (Å²) in [6.45, 7) is 2.72. The van der Waals surface area contributed by atoms with E-state index in [1.165, 1.54) is 5.56 Å². The van der Waals surface area contributed by atoms with Crippen LogP contribution < -0.4 is 16.8 Å². The van der Waals surface area contributed by atoms with Crippen molar-refractivity contribution in [3.05, 3.63) is 59.8 Å². The molecule has 2 aromatic heterocycles. The minimum absolute atomic E-state index is 0.261. The molecule has 142 valence electrons. The summed E-state index contributed by atoms with van der Waals surface area (Å²) in [4.78, 5) is 8.52. The molecule has 0 amide bonds. The molecule has 0 radical (unpaired) electrons. The molecule has 0 fully saturated rings. The number of nitrogens with two attached hydrogens (primary N) is 2. The lowest BCUT2D eigenvalue weighted by Gasteiger charge is -2.11. The Labute approximate surface area is 163 Å². The van der Waals surface area contributed by atoms with Crippen LogP contribution in [0.15, 0.2) is 48.5 Å². The lowest BCUT2D eigenvalue weighted by molar-refractivity contribution is 0.864. The molecule has 0 aliphatic rings. The van der Waals surface area contributed by atoms with Crippen molar-refractivity contribution in [1.29, 1.82) is 0 Å². The third-order valence-electron chi connectivity index (χ3n) is 4.66. The minimum Gasteiger partial charge on any atom is -0.384 e. The summed E-state index contributed by atoms with van der Waals surface area (Å²) in [5.41, 5.74) is 17.6. The SMILES string of the molecule is Cc1cc(-c2cc(NCCCc3ccccc3)c3c(N)n[nH]c3c2)nc(N)n1. The summed E-state index contributed by atoms with van der Waals surface area (Å²) in [5.74, 6) is 0.738. The van der Waals surface area contributed by atoms with Crippen LogP contribution in [0, 0.1) is 6.92 Å². The molecule has 4 rings (SSSR count). The summed E-state index contributed by atoms with van der Waals surface area (Å²) in [6.07, 6.45) is 2.02. The Kier molecular flexibility index (Phi) is 4.80. The Balaban J connectivity index is 1.60. The van der Waals surface area contributed by atoms with E-state index in [4.69, 9.17) is 11.5 Å². The highest BCUT2D eigenvalue weighted by atomic mass is 15.2. The second-order valence-corrected chi connectivity index (χ2v) is 6.82. The number of aryl methyl sites for hydroxylation is 2. The Hall–Kier alpha value is -3.61. The van der Waals surface area contributed by atoms with Crippen LogP contribution in [0.4, 0.5) is 17.5 Å². The Bertz CT molecular complexity index is 1080. The molecule has 2 heterocycles. The van der Waals surface area contributed by atoms with Crippen molar-refractivity contribution in [2.75, 3.05) is 23.3 Å². The summed E-state index contributed by atoms with van der Waals surface area (Å²) in [7, 11) is 0. The molecule has 0 saturated heterocycles. The van der Waals surface area contributed by atoms with Gasteiger partial charge in [-0.2, -0.15) is 5.10 Å². The van der Waals surface area contributed by atoms with Crippen molar-refractivity contribution in [2.24, 2.45) is 0 Å². The molecular weight excluding hydrogens is 350 g/mol. The van der Waals surface area contributed by atoms with E-state index in [0.717, 1.165) is 52.9 Å². The number of aromatic amines is 1. The maximum atomic E-state index is 6.08. The van der Waals surface area contributed by atoms with Crippen LogP contribution in [0.2, 0.25) is 0 Å².